The van der Waals surface area contributed by atoms with E-state index in [-0.39, 0.29) is 29.5 Å². The first-order chi connectivity index (χ1) is 11.9. The molecule has 134 valence electrons. The first-order valence-corrected chi connectivity index (χ1v) is 8.64. The summed E-state index contributed by atoms with van der Waals surface area (Å²) in [5.74, 6) is 0.264. The molecule has 1 fully saturated rings. The second-order valence-electron chi connectivity index (χ2n) is 6.77. The summed E-state index contributed by atoms with van der Waals surface area (Å²) >= 11 is 0. The highest BCUT2D eigenvalue weighted by atomic mass is 16.2. The number of nitrogens with zero attached hydrogens (tertiary/aromatic N) is 4. The number of nitrogens with one attached hydrogen (secondary N) is 2. The van der Waals surface area contributed by atoms with Crippen molar-refractivity contribution in [3.63, 3.8) is 0 Å². The van der Waals surface area contributed by atoms with Gasteiger partial charge in [-0.3, -0.25) is 19.0 Å². The maximum Gasteiger partial charge on any atom is 0.276 e. The van der Waals surface area contributed by atoms with E-state index in [0.29, 0.717) is 11.5 Å². The summed E-state index contributed by atoms with van der Waals surface area (Å²) in [7, 11) is 1.71. The molecule has 3 rings (SSSR count). The standard InChI is InChI=1S/C17H24N6O2/c1-11(2)23-10-13(9-18-23)19-17(25)14-8-15(22(3)21-14)20-16(24)12-6-4-5-7-12/h8-12H,4-7H2,1-3H3,(H,19,25)(H,20,24). The Morgan fingerprint density at radius 2 is 1.96 bits per heavy atom. The third-order valence-corrected chi connectivity index (χ3v) is 4.48. The van der Waals surface area contributed by atoms with Crippen molar-refractivity contribution >= 4 is 23.3 Å². The van der Waals surface area contributed by atoms with Crippen molar-refractivity contribution in [2.45, 2.75) is 45.6 Å². The minimum atomic E-state index is -0.333. The van der Waals surface area contributed by atoms with Crippen molar-refractivity contribution in [3.8, 4) is 0 Å². The second kappa shape index (κ2) is 7.08. The molecule has 0 aliphatic heterocycles. The van der Waals surface area contributed by atoms with Crippen molar-refractivity contribution in [2.24, 2.45) is 13.0 Å². The normalized spacial score (nSPS) is 14.9. The van der Waals surface area contributed by atoms with Crippen LogP contribution in [0, 0.1) is 5.92 Å². The van der Waals surface area contributed by atoms with E-state index in [0.717, 1.165) is 25.7 Å². The highest BCUT2D eigenvalue weighted by Crippen LogP contribution is 2.26. The fourth-order valence-electron chi connectivity index (χ4n) is 2.99. The second-order valence-corrected chi connectivity index (χ2v) is 6.77. The number of rotatable bonds is 5. The van der Waals surface area contributed by atoms with E-state index in [9.17, 15) is 9.59 Å². The Balaban J connectivity index is 1.66. The average molecular weight is 344 g/mol. The fraction of sp³-hybridized carbons (Fsp3) is 0.529. The zero-order valence-corrected chi connectivity index (χ0v) is 14.8. The summed E-state index contributed by atoms with van der Waals surface area (Å²) in [5.41, 5.74) is 0.863. The molecule has 0 saturated heterocycles. The maximum absolute atomic E-state index is 12.4. The lowest BCUT2D eigenvalue weighted by Crippen LogP contribution is -2.21. The van der Waals surface area contributed by atoms with Crippen LogP contribution in [0.15, 0.2) is 18.5 Å². The minimum Gasteiger partial charge on any atom is -0.318 e. The molecule has 1 aliphatic carbocycles. The van der Waals surface area contributed by atoms with Gasteiger partial charge in [-0.2, -0.15) is 10.2 Å². The number of hydrogen-bond acceptors (Lipinski definition) is 4. The van der Waals surface area contributed by atoms with Gasteiger partial charge in [-0.1, -0.05) is 12.8 Å². The van der Waals surface area contributed by atoms with Gasteiger partial charge in [0.05, 0.1) is 11.9 Å². The van der Waals surface area contributed by atoms with E-state index in [1.54, 1.807) is 30.2 Å². The Hall–Kier alpha value is -2.64. The third-order valence-electron chi connectivity index (χ3n) is 4.48. The average Bonchev–Trinajstić information content (AvgIpc) is 3.28. The predicted octanol–water partition coefficient (Wildman–Crippen LogP) is 2.58. The van der Waals surface area contributed by atoms with Gasteiger partial charge in [0, 0.05) is 31.3 Å². The summed E-state index contributed by atoms with van der Waals surface area (Å²) in [6.07, 6.45) is 7.42. The smallest absolute Gasteiger partial charge is 0.276 e. The summed E-state index contributed by atoms with van der Waals surface area (Å²) in [6, 6.07) is 1.81. The molecule has 2 amide bonds. The Bertz CT molecular complexity index is 770. The lowest BCUT2D eigenvalue weighted by atomic mass is 10.1. The van der Waals surface area contributed by atoms with Gasteiger partial charge in [-0.05, 0) is 26.7 Å². The number of carbonyl (C=O) groups is 2. The van der Waals surface area contributed by atoms with E-state index < -0.39 is 0 Å². The predicted molar refractivity (Wildman–Crippen MR) is 94.4 cm³/mol. The molecule has 1 aliphatic rings. The molecule has 1 saturated carbocycles. The van der Waals surface area contributed by atoms with Gasteiger partial charge in [0.15, 0.2) is 5.69 Å². The van der Waals surface area contributed by atoms with Gasteiger partial charge in [-0.15, -0.1) is 0 Å². The Labute approximate surface area is 146 Å². The molecule has 0 unspecified atom stereocenters. The molecule has 2 aromatic heterocycles. The summed E-state index contributed by atoms with van der Waals surface area (Å²) in [4.78, 5) is 24.6. The fourth-order valence-corrected chi connectivity index (χ4v) is 2.99. The number of aromatic nitrogens is 4. The summed E-state index contributed by atoms with van der Waals surface area (Å²) < 4.78 is 3.28. The van der Waals surface area contributed by atoms with Crippen LogP contribution in [-0.4, -0.2) is 31.4 Å². The quantitative estimate of drug-likeness (QED) is 0.872. The molecule has 0 spiro atoms. The van der Waals surface area contributed by atoms with Gasteiger partial charge >= 0.3 is 0 Å². The lowest BCUT2D eigenvalue weighted by Gasteiger charge is -2.09. The molecule has 0 radical (unpaired) electrons. The molecule has 8 nitrogen and oxygen atoms in total. The van der Waals surface area contributed by atoms with Crippen LogP contribution in [0.2, 0.25) is 0 Å². The highest BCUT2D eigenvalue weighted by molar-refractivity contribution is 6.03. The van der Waals surface area contributed by atoms with Crippen LogP contribution >= 0.6 is 0 Å². The molecule has 8 heteroatoms. The van der Waals surface area contributed by atoms with Gasteiger partial charge in [-0.25, -0.2) is 0 Å². The van der Waals surface area contributed by atoms with E-state index in [4.69, 9.17) is 0 Å². The lowest BCUT2D eigenvalue weighted by molar-refractivity contribution is -0.119. The van der Waals surface area contributed by atoms with Gasteiger partial charge in [0.25, 0.3) is 5.91 Å². The van der Waals surface area contributed by atoms with Gasteiger partial charge in [0.1, 0.15) is 5.82 Å². The molecule has 2 N–H and O–H groups in total. The summed E-state index contributed by atoms with van der Waals surface area (Å²) in [5, 5.41) is 14.0. The Kier molecular flexibility index (Phi) is 4.87. The number of amides is 2. The number of anilines is 2. The molecule has 2 aromatic rings. The zero-order valence-electron chi connectivity index (χ0n) is 14.8. The van der Waals surface area contributed by atoms with E-state index in [1.165, 1.54) is 4.68 Å². The van der Waals surface area contributed by atoms with Crippen molar-refractivity contribution in [2.75, 3.05) is 10.6 Å². The monoisotopic (exact) mass is 344 g/mol. The van der Waals surface area contributed by atoms with Crippen LogP contribution in [0.25, 0.3) is 0 Å². The molecular weight excluding hydrogens is 320 g/mol. The van der Waals surface area contributed by atoms with Crippen LogP contribution in [0.4, 0.5) is 11.5 Å². The third kappa shape index (κ3) is 3.89. The highest BCUT2D eigenvalue weighted by Gasteiger charge is 2.24. The number of carbonyl (C=O) groups excluding carboxylic acids is 2. The number of hydrogen-bond donors (Lipinski definition) is 2. The molecule has 0 atom stereocenters. The van der Waals surface area contributed by atoms with Crippen LogP contribution in [0.1, 0.15) is 56.1 Å². The topological polar surface area (TPSA) is 93.8 Å². The van der Waals surface area contributed by atoms with Crippen molar-refractivity contribution in [1.29, 1.82) is 0 Å². The van der Waals surface area contributed by atoms with E-state index in [1.807, 2.05) is 13.8 Å². The molecule has 25 heavy (non-hydrogen) atoms. The Morgan fingerprint density at radius 1 is 1.24 bits per heavy atom. The first kappa shape index (κ1) is 17.2. The largest absolute Gasteiger partial charge is 0.318 e. The molecule has 0 aromatic carbocycles. The first-order valence-electron chi connectivity index (χ1n) is 8.64. The van der Waals surface area contributed by atoms with E-state index in [2.05, 4.69) is 20.8 Å². The minimum absolute atomic E-state index is 0.00525. The van der Waals surface area contributed by atoms with Crippen LogP contribution in [0.3, 0.4) is 0 Å². The van der Waals surface area contributed by atoms with Crippen molar-refractivity contribution < 1.29 is 9.59 Å². The van der Waals surface area contributed by atoms with Crippen molar-refractivity contribution in [1.82, 2.24) is 19.6 Å². The molecule has 2 heterocycles. The SMILES string of the molecule is CC(C)n1cc(NC(=O)c2cc(NC(=O)C3CCCC3)n(C)n2)cn1. The van der Waals surface area contributed by atoms with E-state index >= 15 is 0 Å². The Morgan fingerprint density at radius 3 is 2.60 bits per heavy atom. The maximum atomic E-state index is 12.4. The van der Waals surface area contributed by atoms with Gasteiger partial charge in [0.2, 0.25) is 5.91 Å². The van der Waals surface area contributed by atoms with Crippen LogP contribution in [0.5, 0.6) is 0 Å². The van der Waals surface area contributed by atoms with Gasteiger partial charge < -0.3 is 10.6 Å². The molecule has 0 bridgehead atoms. The van der Waals surface area contributed by atoms with Crippen LogP contribution < -0.4 is 10.6 Å². The zero-order chi connectivity index (χ0) is 18.0. The van der Waals surface area contributed by atoms with Crippen molar-refractivity contribution in [3.05, 3.63) is 24.2 Å². The molecular formula is C17H24N6O2. The van der Waals surface area contributed by atoms with Crippen LogP contribution in [-0.2, 0) is 11.8 Å². The summed E-state index contributed by atoms with van der Waals surface area (Å²) in [6.45, 7) is 4.02. The number of aryl methyl sites for hydroxylation is 1.